The predicted octanol–water partition coefficient (Wildman–Crippen LogP) is 2.00. The second-order valence-electron chi connectivity index (χ2n) is 4.29. The summed E-state index contributed by atoms with van der Waals surface area (Å²) in [5.74, 6) is 0.699. The molecule has 1 aliphatic rings. The molecule has 0 saturated carbocycles. The topological polar surface area (TPSA) is 84.5 Å². The molecule has 0 amide bonds. The van der Waals surface area contributed by atoms with Crippen LogP contribution in [0.1, 0.15) is 12.0 Å². The maximum atomic E-state index is 10.6. The first-order valence-electron chi connectivity index (χ1n) is 6.10. The molecule has 100 valence electrons. The molecule has 7 heteroatoms. The fraction of sp³-hybridized carbons (Fsp3) is 0.154. The van der Waals surface area contributed by atoms with Crippen LogP contribution in [0.4, 0.5) is 11.5 Å². The van der Waals surface area contributed by atoms with Crippen molar-refractivity contribution >= 4 is 17.2 Å². The molecule has 20 heavy (non-hydrogen) atoms. The number of nitro benzene ring substituents is 1. The van der Waals surface area contributed by atoms with Crippen LogP contribution in [0, 0.1) is 10.1 Å². The zero-order valence-electron chi connectivity index (χ0n) is 10.5. The molecule has 1 aromatic heterocycles. The van der Waals surface area contributed by atoms with Gasteiger partial charge in [0, 0.05) is 37.5 Å². The monoisotopic (exact) mass is 269 g/mol. The highest BCUT2D eigenvalue weighted by Gasteiger charge is 2.18. The normalized spacial score (nSPS) is 14.2. The number of benzene rings is 1. The molecular weight excluding hydrogens is 258 g/mol. The van der Waals surface area contributed by atoms with Crippen molar-refractivity contribution in [1.29, 1.82) is 0 Å². The number of hydrazone groups is 1. The Morgan fingerprint density at radius 3 is 2.65 bits per heavy atom. The number of non-ortho nitro benzene ring substituents is 1. The summed E-state index contributed by atoms with van der Waals surface area (Å²) in [4.78, 5) is 18.4. The first-order valence-corrected chi connectivity index (χ1v) is 6.10. The van der Waals surface area contributed by atoms with Gasteiger partial charge in [-0.3, -0.25) is 15.1 Å². The molecule has 0 spiro atoms. The predicted molar refractivity (Wildman–Crippen MR) is 73.6 cm³/mol. The Morgan fingerprint density at radius 1 is 1.20 bits per heavy atom. The van der Waals surface area contributed by atoms with E-state index in [9.17, 15) is 10.1 Å². The molecule has 1 aromatic carbocycles. The van der Waals surface area contributed by atoms with Gasteiger partial charge in [-0.2, -0.15) is 5.10 Å². The van der Waals surface area contributed by atoms with Crippen molar-refractivity contribution in [3.05, 3.63) is 58.5 Å². The molecule has 0 radical (unpaired) electrons. The third kappa shape index (κ3) is 2.33. The van der Waals surface area contributed by atoms with E-state index in [1.54, 1.807) is 35.7 Å². The Labute approximate surface area is 114 Å². The number of nitrogens with zero attached hydrogens (tertiary/aromatic N) is 5. The average Bonchev–Trinajstić information content (AvgIpc) is 2.98. The van der Waals surface area contributed by atoms with Crippen LogP contribution in [0.5, 0.6) is 0 Å². The van der Waals surface area contributed by atoms with Crippen molar-refractivity contribution in [1.82, 2.24) is 9.97 Å². The summed E-state index contributed by atoms with van der Waals surface area (Å²) in [6.07, 6.45) is 5.66. The Bertz CT molecular complexity index is 654. The molecule has 0 fully saturated rings. The molecule has 7 nitrogen and oxygen atoms in total. The number of aromatic nitrogens is 2. The van der Waals surface area contributed by atoms with Gasteiger partial charge in [0.2, 0.25) is 0 Å². The van der Waals surface area contributed by atoms with E-state index in [0.29, 0.717) is 5.82 Å². The van der Waals surface area contributed by atoms with Gasteiger partial charge in [0.05, 0.1) is 16.8 Å². The van der Waals surface area contributed by atoms with E-state index < -0.39 is 4.92 Å². The standard InChI is InChI=1S/C13H11N5O2/c19-18(20)11-3-1-10(2-4-11)12-5-8-17(16-12)13-9-14-6-7-15-13/h1-4,6-7,9H,5,8H2. The SMILES string of the molecule is O=[N+]([O-])c1ccc(C2=NN(c3cnccn3)CC2)cc1. The van der Waals surface area contributed by atoms with Crippen molar-refractivity contribution in [2.75, 3.05) is 11.6 Å². The molecule has 0 bridgehead atoms. The van der Waals surface area contributed by atoms with E-state index in [1.807, 2.05) is 0 Å². The van der Waals surface area contributed by atoms with Crippen LogP contribution in [-0.4, -0.2) is 27.1 Å². The van der Waals surface area contributed by atoms with Crippen LogP contribution in [0.3, 0.4) is 0 Å². The van der Waals surface area contributed by atoms with Gasteiger partial charge in [-0.1, -0.05) is 0 Å². The highest BCUT2D eigenvalue weighted by atomic mass is 16.6. The summed E-state index contributed by atoms with van der Waals surface area (Å²) in [5.41, 5.74) is 1.87. The van der Waals surface area contributed by atoms with E-state index in [2.05, 4.69) is 15.1 Å². The van der Waals surface area contributed by atoms with Crippen LogP contribution in [0.25, 0.3) is 0 Å². The second-order valence-corrected chi connectivity index (χ2v) is 4.29. The van der Waals surface area contributed by atoms with Crippen LogP contribution < -0.4 is 5.01 Å². The first kappa shape index (κ1) is 12.2. The maximum Gasteiger partial charge on any atom is 0.269 e. The van der Waals surface area contributed by atoms with Crippen molar-refractivity contribution in [3.8, 4) is 0 Å². The first-order chi connectivity index (χ1) is 9.74. The van der Waals surface area contributed by atoms with Gasteiger partial charge >= 0.3 is 0 Å². The molecule has 0 N–H and O–H groups in total. The summed E-state index contributed by atoms with van der Waals surface area (Å²) < 4.78 is 0. The molecule has 2 heterocycles. The summed E-state index contributed by atoms with van der Waals surface area (Å²) >= 11 is 0. The van der Waals surface area contributed by atoms with E-state index in [1.165, 1.54) is 12.1 Å². The van der Waals surface area contributed by atoms with Crippen LogP contribution in [0.2, 0.25) is 0 Å². The van der Waals surface area contributed by atoms with Gasteiger partial charge in [0.15, 0.2) is 5.82 Å². The molecule has 1 aliphatic heterocycles. The van der Waals surface area contributed by atoms with Crippen molar-refractivity contribution in [3.63, 3.8) is 0 Å². The quantitative estimate of drug-likeness (QED) is 0.628. The van der Waals surface area contributed by atoms with E-state index in [0.717, 1.165) is 24.2 Å². The Hall–Kier alpha value is -2.83. The number of hydrogen-bond acceptors (Lipinski definition) is 6. The van der Waals surface area contributed by atoms with Crippen molar-refractivity contribution in [2.24, 2.45) is 5.10 Å². The average molecular weight is 269 g/mol. The maximum absolute atomic E-state index is 10.6. The Balaban J connectivity index is 1.83. The van der Waals surface area contributed by atoms with Gasteiger partial charge in [0.25, 0.3) is 5.69 Å². The summed E-state index contributed by atoms with van der Waals surface area (Å²) in [6.45, 7) is 0.727. The zero-order valence-corrected chi connectivity index (χ0v) is 10.5. The number of anilines is 1. The molecule has 0 unspecified atom stereocenters. The fourth-order valence-electron chi connectivity index (χ4n) is 2.03. The minimum atomic E-state index is -0.411. The minimum absolute atomic E-state index is 0.0816. The van der Waals surface area contributed by atoms with E-state index >= 15 is 0 Å². The third-order valence-electron chi connectivity index (χ3n) is 3.03. The van der Waals surface area contributed by atoms with Gasteiger partial charge in [0.1, 0.15) is 0 Å². The van der Waals surface area contributed by atoms with Crippen LogP contribution in [0.15, 0.2) is 48.0 Å². The minimum Gasteiger partial charge on any atom is -0.259 e. The molecule has 2 aromatic rings. The second kappa shape index (κ2) is 5.04. The largest absolute Gasteiger partial charge is 0.269 e. The third-order valence-corrected chi connectivity index (χ3v) is 3.03. The molecule has 0 saturated heterocycles. The fourth-order valence-corrected chi connectivity index (χ4v) is 2.03. The van der Waals surface area contributed by atoms with Gasteiger partial charge in [-0.05, 0) is 17.7 Å². The van der Waals surface area contributed by atoms with E-state index in [-0.39, 0.29) is 5.69 Å². The van der Waals surface area contributed by atoms with Gasteiger partial charge in [-0.25, -0.2) is 9.99 Å². The van der Waals surface area contributed by atoms with Gasteiger partial charge < -0.3 is 0 Å². The zero-order chi connectivity index (χ0) is 13.9. The lowest BCUT2D eigenvalue weighted by molar-refractivity contribution is -0.384. The molecular formula is C13H11N5O2. The van der Waals surface area contributed by atoms with Crippen LogP contribution >= 0.6 is 0 Å². The molecule has 0 atom stereocenters. The Kier molecular flexibility index (Phi) is 3.08. The lowest BCUT2D eigenvalue weighted by Gasteiger charge is -2.10. The lowest BCUT2D eigenvalue weighted by Crippen LogP contribution is -2.13. The Morgan fingerprint density at radius 2 is 2.00 bits per heavy atom. The highest BCUT2D eigenvalue weighted by molar-refractivity contribution is 6.02. The number of hydrogen-bond donors (Lipinski definition) is 0. The van der Waals surface area contributed by atoms with Crippen molar-refractivity contribution < 1.29 is 4.92 Å². The number of nitro groups is 1. The smallest absolute Gasteiger partial charge is 0.259 e. The summed E-state index contributed by atoms with van der Waals surface area (Å²) in [6, 6.07) is 6.42. The van der Waals surface area contributed by atoms with Crippen molar-refractivity contribution in [2.45, 2.75) is 6.42 Å². The van der Waals surface area contributed by atoms with Gasteiger partial charge in [-0.15, -0.1) is 0 Å². The van der Waals surface area contributed by atoms with Crippen LogP contribution in [-0.2, 0) is 0 Å². The summed E-state index contributed by atoms with van der Waals surface area (Å²) in [5, 5.41) is 16.9. The highest BCUT2D eigenvalue weighted by Crippen LogP contribution is 2.20. The summed E-state index contributed by atoms with van der Waals surface area (Å²) in [7, 11) is 0. The number of rotatable bonds is 3. The molecule has 0 aliphatic carbocycles. The lowest BCUT2D eigenvalue weighted by atomic mass is 10.1. The molecule has 3 rings (SSSR count). The van der Waals surface area contributed by atoms with E-state index in [4.69, 9.17) is 0 Å².